The first kappa shape index (κ1) is 17.4. The van der Waals surface area contributed by atoms with Crippen molar-refractivity contribution in [3.05, 3.63) is 53.6 Å². The van der Waals surface area contributed by atoms with Crippen molar-refractivity contribution in [3.8, 4) is 11.5 Å². The molecule has 2 aliphatic rings. The molecule has 6 heteroatoms. The molecule has 2 aromatic carbocycles. The minimum Gasteiger partial charge on any atom is -0.486 e. The van der Waals surface area contributed by atoms with E-state index in [4.69, 9.17) is 14.2 Å². The van der Waals surface area contributed by atoms with E-state index in [-0.39, 0.29) is 11.9 Å². The van der Waals surface area contributed by atoms with Gasteiger partial charge >= 0.3 is 5.97 Å². The van der Waals surface area contributed by atoms with E-state index in [0.29, 0.717) is 30.3 Å². The first-order chi connectivity index (χ1) is 13.0. The van der Waals surface area contributed by atoms with Gasteiger partial charge in [0.05, 0.1) is 5.56 Å². The Morgan fingerprint density at radius 2 is 1.85 bits per heavy atom. The van der Waals surface area contributed by atoms with Crippen molar-refractivity contribution in [2.45, 2.75) is 32.4 Å². The summed E-state index contributed by atoms with van der Waals surface area (Å²) in [5.74, 6) is 0.326. The zero-order chi connectivity index (χ0) is 19.0. The molecular weight excluding hydrogens is 346 g/mol. The number of fused-ring (bicyclic) bond motifs is 2. The highest BCUT2D eigenvalue weighted by Crippen LogP contribution is 2.33. The molecule has 0 unspecified atom stereocenters. The number of ether oxygens (including phenoxy) is 3. The summed E-state index contributed by atoms with van der Waals surface area (Å²) in [5, 5.41) is 0. The lowest BCUT2D eigenvalue weighted by atomic mass is 10.1. The minimum atomic E-state index is -0.890. The number of carbonyl (C=O) groups is 2. The van der Waals surface area contributed by atoms with Crippen molar-refractivity contribution in [2.75, 3.05) is 18.1 Å². The van der Waals surface area contributed by atoms with Crippen LogP contribution in [0.3, 0.4) is 0 Å². The summed E-state index contributed by atoms with van der Waals surface area (Å²) >= 11 is 0. The molecule has 6 nitrogen and oxygen atoms in total. The van der Waals surface area contributed by atoms with Gasteiger partial charge in [-0.05, 0) is 50.1 Å². The second-order valence-electron chi connectivity index (χ2n) is 6.80. The Morgan fingerprint density at radius 1 is 1.11 bits per heavy atom. The molecule has 0 saturated heterocycles. The van der Waals surface area contributed by atoms with Crippen molar-refractivity contribution in [2.24, 2.45) is 0 Å². The van der Waals surface area contributed by atoms with Gasteiger partial charge in [-0.1, -0.05) is 18.2 Å². The van der Waals surface area contributed by atoms with Crippen LogP contribution in [0.25, 0.3) is 0 Å². The molecule has 0 bridgehead atoms. The van der Waals surface area contributed by atoms with E-state index in [1.807, 2.05) is 31.2 Å². The Balaban J connectivity index is 1.48. The lowest BCUT2D eigenvalue weighted by Gasteiger charge is -2.26. The predicted octanol–water partition coefficient (Wildman–Crippen LogP) is 2.98. The molecule has 2 heterocycles. The summed E-state index contributed by atoms with van der Waals surface area (Å²) in [7, 11) is 0. The summed E-state index contributed by atoms with van der Waals surface area (Å²) in [4.78, 5) is 27.1. The second kappa shape index (κ2) is 6.95. The lowest BCUT2D eigenvalue weighted by Crippen LogP contribution is -2.43. The molecule has 4 rings (SSSR count). The van der Waals surface area contributed by atoms with Gasteiger partial charge < -0.3 is 19.1 Å². The molecule has 2 aromatic rings. The van der Waals surface area contributed by atoms with Crippen LogP contribution >= 0.6 is 0 Å². The summed E-state index contributed by atoms with van der Waals surface area (Å²) < 4.78 is 16.4. The Morgan fingerprint density at radius 3 is 2.67 bits per heavy atom. The Labute approximate surface area is 157 Å². The van der Waals surface area contributed by atoms with Crippen LogP contribution in [0.1, 0.15) is 29.8 Å². The third-order valence-corrected chi connectivity index (χ3v) is 4.85. The van der Waals surface area contributed by atoms with E-state index in [9.17, 15) is 9.59 Å². The Hall–Kier alpha value is -3.02. The van der Waals surface area contributed by atoms with Gasteiger partial charge in [-0.25, -0.2) is 4.79 Å². The second-order valence-corrected chi connectivity index (χ2v) is 6.80. The minimum absolute atomic E-state index is 0.0327. The number of carbonyl (C=O) groups excluding carboxylic acids is 2. The number of para-hydroxylation sites is 1. The smallest absolute Gasteiger partial charge is 0.339 e. The molecule has 140 valence electrons. The zero-order valence-electron chi connectivity index (χ0n) is 15.3. The average Bonchev–Trinajstić information content (AvgIpc) is 3.02. The van der Waals surface area contributed by atoms with Crippen LogP contribution in [-0.4, -0.2) is 37.2 Å². The molecule has 2 atom stereocenters. The average molecular weight is 367 g/mol. The van der Waals surface area contributed by atoms with E-state index in [1.165, 1.54) is 0 Å². The summed E-state index contributed by atoms with van der Waals surface area (Å²) in [6, 6.07) is 12.7. The number of nitrogens with zero attached hydrogens (tertiary/aromatic N) is 1. The molecule has 0 aliphatic carbocycles. The molecular formula is C21H21NO5. The van der Waals surface area contributed by atoms with Gasteiger partial charge in [0.1, 0.15) is 13.2 Å². The van der Waals surface area contributed by atoms with Gasteiger partial charge in [-0.3, -0.25) is 4.79 Å². The highest BCUT2D eigenvalue weighted by Gasteiger charge is 2.34. The number of rotatable bonds is 3. The van der Waals surface area contributed by atoms with E-state index < -0.39 is 12.1 Å². The van der Waals surface area contributed by atoms with Crippen molar-refractivity contribution in [3.63, 3.8) is 0 Å². The lowest BCUT2D eigenvalue weighted by molar-refractivity contribution is -0.126. The number of hydrogen-bond acceptors (Lipinski definition) is 5. The molecule has 0 saturated carbocycles. The molecule has 0 aromatic heterocycles. The van der Waals surface area contributed by atoms with Crippen molar-refractivity contribution in [1.29, 1.82) is 0 Å². The fourth-order valence-electron chi connectivity index (χ4n) is 3.55. The van der Waals surface area contributed by atoms with Crippen LogP contribution in [-0.2, 0) is 16.0 Å². The topological polar surface area (TPSA) is 65.1 Å². The molecule has 2 aliphatic heterocycles. The number of esters is 1. The summed E-state index contributed by atoms with van der Waals surface area (Å²) in [5.41, 5.74) is 2.34. The number of benzene rings is 2. The highest BCUT2D eigenvalue weighted by molar-refractivity contribution is 6.01. The molecule has 0 fully saturated rings. The molecule has 0 radical (unpaired) electrons. The van der Waals surface area contributed by atoms with Crippen LogP contribution in [0.4, 0.5) is 5.69 Å². The van der Waals surface area contributed by atoms with Gasteiger partial charge in [0, 0.05) is 11.7 Å². The monoisotopic (exact) mass is 367 g/mol. The van der Waals surface area contributed by atoms with Gasteiger partial charge in [0.25, 0.3) is 5.91 Å². The van der Waals surface area contributed by atoms with Crippen LogP contribution in [0.2, 0.25) is 0 Å². The van der Waals surface area contributed by atoms with Gasteiger partial charge in [0.2, 0.25) is 0 Å². The number of anilines is 1. The Bertz CT molecular complexity index is 894. The summed E-state index contributed by atoms with van der Waals surface area (Å²) in [6.45, 7) is 4.52. The first-order valence-corrected chi connectivity index (χ1v) is 9.06. The zero-order valence-corrected chi connectivity index (χ0v) is 15.3. The van der Waals surface area contributed by atoms with Crippen molar-refractivity contribution < 1.29 is 23.8 Å². The third kappa shape index (κ3) is 3.23. The first-order valence-electron chi connectivity index (χ1n) is 9.06. The van der Waals surface area contributed by atoms with Crippen LogP contribution in [0.5, 0.6) is 11.5 Å². The SMILES string of the molecule is C[C@@H](OC(=O)c1ccc2c(c1)OCCO2)C(=O)N1c2ccccc2C[C@@H]1C. The maximum absolute atomic E-state index is 12.9. The third-order valence-electron chi connectivity index (χ3n) is 4.85. The number of hydrogen-bond donors (Lipinski definition) is 0. The number of amides is 1. The molecule has 0 spiro atoms. The van der Waals surface area contributed by atoms with Crippen LogP contribution in [0, 0.1) is 0 Å². The van der Waals surface area contributed by atoms with Gasteiger partial charge in [0.15, 0.2) is 17.6 Å². The van der Waals surface area contributed by atoms with Crippen molar-refractivity contribution >= 4 is 17.6 Å². The van der Waals surface area contributed by atoms with Gasteiger partial charge in [-0.2, -0.15) is 0 Å². The standard InChI is InChI=1S/C21H21NO5/c1-13-11-15-5-3-4-6-17(15)22(13)20(23)14(2)27-21(24)16-7-8-18-19(12-16)26-10-9-25-18/h3-8,12-14H,9-11H2,1-2H3/t13-,14+/m0/s1. The quantitative estimate of drug-likeness (QED) is 0.781. The summed E-state index contributed by atoms with van der Waals surface area (Å²) in [6.07, 6.45) is -0.0932. The Kier molecular flexibility index (Phi) is 4.48. The van der Waals surface area contributed by atoms with Crippen LogP contribution in [0.15, 0.2) is 42.5 Å². The van der Waals surface area contributed by atoms with E-state index in [1.54, 1.807) is 30.0 Å². The van der Waals surface area contributed by atoms with E-state index in [2.05, 4.69) is 0 Å². The predicted molar refractivity (Wildman–Crippen MR) is 99.4 cm³/mol. The van der Waals surface area contributed by atoms with Gasteiger partial charge in [-0.15, -0.1) is 0 Å². The van der Waals surface area contributed by atoms with E-state index >= 15 is 0 Å². The largest absolute Gasteiger partial charge is 0.486 e. The molecule has 1 amide bonds. The van der Waals surface area contributed by atoms with Crippen LogP contribution < -0.4 is 14.4 Å². The van der Waals surface area contributed by atoms with E-state index in [0.717, 1.165) is 17.7 Å². The molecule has 0 N–H and O–H groups in total. The van der Waals surface area contributed by atoms with Crippen molar-refractivity contribution in [1.82, 2.24) is 0 Å². The molecule has 27 heavy (non-hydrogen) atoms. The highest BCUT2D eigenvalue weighted by atomic mass is 16.6. The maximum atomic E-state index is 12.9. The maximum Gasteiger partial charge on any atom is 0.339 e. The fourth-order valence-corrected chi connectivity index (χ4v) is 3.55. The normalized spacial score (nSPS) is 18.6. The fraction of sp³-hybridized carbons (Fsp3) is 0.333.